The van der Waals surface area contributed by atoms with Gasteiger partial charge in [-0.05, 0) is 49.4 Å². The molecule has 0 spiro atoms. The number of benzene rings is 1. The average Bonchev–Trinajstić information content (AvgIpc) is 2.89. The molecule has 0 aliphatic heterocycles. The van der Waals surface area contributed by atoms with Gasteiger partial charge in [-0.25, -0.2) is 0 Å². The number of nitrogens with one attached hydrogen (secondary N) is 2. The number of aromatic amines is 1. The van der Waals surface area contributed by atoms with Gasteiger partial charge in [0.05, 0.1) is 6.20 Å². The highest BCUT2D eigenvalue weighted by atomic mass is 16.1. The van der Waals surface area contributed by atoms with Crippen molar-refractivity contribution in [3.05, 3.63) is 52.8 Å². The maximum atomic E-state index is 11.9. The number of aryl methyl sites for hydroxylation is 3. The zero-order chi connectivity index (χ0) is 14.4. The fraction of sp³-hybridized carbons (Fsp3) is 0.375. The first kappa shape index (κ1) is 14.3. The molecule has 2 aromatic rings. The number of carbonyl (C=O) groups is 1. The zero-order valence-corrected chi connectivity index (χ0v) is 12.1. The molecular formula is C16H21N3O. The Bertz CT molecular complexity index is 557. The van der Waals surface area contributed by atoms with Crippen LogP contribution >= 0.6 is 0 Å². The Hall–Kier alpha value is -2.10. The summed E-state index contributed by atoms with van der Waals surface area (Å²) in [5.41, 5.74) is 4.29. The van der Waals surface area contributed by atoms with E-state index in [4.69, 9.17) is 0 Å². The molecule has 0 atom stereocenters. The van der Waals surface area contributed by atoms with E-state index in [1.807, 2.05) is 37.4 Å². The number of carbonyl (C=O) groups excluding carboxylic acids is 1. The molecule has 1 aromatic heterocycles. The highest BCUT2D eigenvalue weighted by Gasteiger charge is 2.05. The lowest BCUT2D eigenvalue weighted by atomic mass is 10.1. The van der Waals surface area contributed by atoms with Crippen molar-refractivity contribution in [1.82, 2.24) is 15.5 Å². The lowest BCUT2D eigenvalue weighted by Crippen LogP contribution is -2.24. The second-order valence-electron chi connectivity index (χ2n) is 4.93. The molecule has 2 rings (SSSR count). The van der Waals surface area contributed by atoms with Crippen LogP contribution in [0.15, 0.2) is 30.5 Å². The largest absolute Gasteiger partial charge is 0.352 e. The summed E-state index contributed by atoms with van der Waals surface area (Å²) >= 11 is 0. The predicted octanol–water partition coefficient (Wildman–Crippen LogP) is 2.64. The number of hydrogen-bond acceptors (Lipinski definition) is 2. The van der Waals surface area contributed by atoms with E-state index in [9.17, 15) is 4.79 Å². The molecule has 4 heteroatoms. The van der Waals surface area contributed by atoms with E-state index in [2.05, 4.69) is 22.4 Å². The summed E-state index contributed by atoms with van der Waals surface area (Å²) in [6.07, 6.45) is 4.68. The normalized spacial score (nSPS) is 10.5. The zero-order valence-electron chi connectivity index (χ0n) is 12.1. The van der Waals surface area contributed by atoms with E-state index in [1.165, 1.54) is 11.1 Å². The van der Waals surface area contributed by atoms with Crippen molar-refractivity contribution in [2.24, 2.45) is 0 Å². The average molecular weight is 271 g/mol. The summed E-state index contributed by atoms with van der Waals surface area (Å²) < 4.78 is 0. The van der Waals surface area contributed by atoms with Crippen LogP contribution in [-0.4, -0.2) is 22.6 Å². The Morgan fingerprint density at radius 2 is 2.05 bits per heavy atom. The first-order chi connectivity index (χ1) is 9.70. The number of hydrogen-bond donors (Lipinski definition) is 2. The molecule has 1 heterocycles. The molecule has 0 aliphatic carbocycles. The van der Waals surface area contributed by atoms with Gasteiger partial charge in [0.2, 0.25) is 0 Å². The number of rotatable bonds is 6. The summed E-state index contributed by atoms with van der Waals surface area (Å²) in [6, 6.07) is 7.77. The lowest BCUT2D eigenvalue weighted by molar-refractivity contribution is 0.0953. The summed E-state index contributed by atoms with van der Waals surface area (Å²) in [6.45, 7) is 4.79. The molecule has 4 nitrogen and oxygen atoms in total. The molecule has 0 fully saturated rings. The van der Waals surface area contributed by atoms with Gasteiger partial charge in [-0.1, -0.05) is 19.1 Å². The first-order valence-corrected chi connectivity index (χ1v) is 7.06. The summed E-state index contributed by atoms with van der Waals surface area (Å²) in [5.74, 6) is -0.00318. The molecule has 1 aromatic carbocycles. The smallest absolute Gasteiger partial charge is 0.251 e. The van der Waals surface area contributed by atoms with Gasteiger partial charge in [-0.2, -0.15) is 5.10 Å². The fourth-order valence-electron chi connectivity index (χ4n) is 2.10. The van der Waals surface area contributed by atoms with E-state index in [0.717, 1.165) is 30.5 Å². The van der Waals surface area contributed by atoms with Crippen LogP contribution in [0.1, 0.15) is 40.5 Å². The minimum absolute atomic E-state index is 0.00318. The van der Waals surface area contributed by atoms with Gasteiger partial charge in [0, 0.05) is 17.8 Å². The third-order valence-electron chi connectivity index (χ3n) is 3.47. The Kier molecular flexibility index (Phi) is 4.93. The van der Waals surface area contributed by atoms with Gasteiger partial charge in [0.15, 0.2) is 0 Å². The predicted molar refractivity (Wildman–Crippen MR) is 79.8 cm³/mol. The van der Waals surface area contributed by atoms with E-state index in [0.29, 0.717) is 6.54 Å². The van der Waals surface area contributed by atoms with Gasteiger partial charge in [-0.3, -0.25) is 9.89 Å². The van der Waals surface area contributed by atoms with Crippen LogP contribution in [-0.2, 0) is 12.8 Å². The van der Waals surface area contributed by atoms with E-state index in [-0.39, 0.29) is 5.91 Å². The van der Waals surface area contributed by atoms with Crippen LogP contribution in [0.2, 0.25) is 0 Å². The second kappa shape index (κ2) is 6.89. The minimum Gasteiger partial charge on any atom is -0.352 e. The van der Waals surface area contributed by atoms with Gasteiger partial charge < -0.3 is 5.32 Å². The van der Waals surface area contributed by atoms with Crippen molar-refractivity contribution in [2.45, 2.75) is 33.1 Å². The molecule has 0 unspecified atom stereocenters. The SMILES string of the molecule is CCc1ccc(C(=O)NCCCc2cn[nH]c2C)cc1. The molecule has 0 saturated carbocycles. The van der Waals surface area contributed by atoms with Crippen molar-refractivity contribution < 1.29 is 4.79 Å². The van der Waals surface area contributed by atoms with Crippen LogP contribution in [0.3, 0.4) is 0 Å². The van der Waals surface area contributed by atoms with Crippen LogP contribution in [0, 0.1) is 6.92 Å². The monoisotopic (exact) mass is 271 g/mol. The third kappa shape index (κ3) is 3.70. The topological polar surface area (TPSA) is 57.8 Å². The Labute approximate surface area is 119 Å². The Morgan fingerprint density at radius 3 is 2.65 bits per heavy atom. The molecule has 0 saturated heterocycles. The third-order valence-corrected chi connectivity index (χ3v) is 3.47. The minimum atomic E-state index is -0.00318. The summed E-state index contributed by atoms with van der Waals surface area (Å²) in [4.78, 5) is 11.9. The van der Waals surface area contributed by atoms with Crippen molar-refractivity contribution >= 4 is 5.91 Å². The molecule has 0 aliphatic rings. The summed E-state index contributed by atoms with van der Waals surface area (Å²) in [5, 5.41) is 9.85. The second-order valence-corrected chi connectivity index (χ2v) is 4.93. The molecule has 20 heavy (non-hydrogen) atoms. The van der Waals surface area contributed by atoms with Crippen molar-refractivity contribution in [1.29, 1.82) is 0 Å². The molecule has 0 radical (unpaired) electrons. The molecular weight excluding hydrogens is 250 g/mol. The van der Waals surface area contributed by atoms with Crippen molar-refractivity contribution in [3.63, 3.8) is 0 Å². The maximum Gasteiger partial charge on any atom is 0.251 e. The standard InChI is InChI=1S/C16H21N3O/c1-3-13-6-8-14(9-7-13)16(20)17-10-4-5-15-11-18-19-12(15)2/h6-9,11H,3-5,10H2,1-2H3,(H,17,20)(H,18,19). The quantitative estimate of drug-likeness (QED) is 0.794. The van der Waals surface area contributed by atoms with E-state index >= 15 is 0 Å². The first-order valence-electron chi connectivity index (χ1n) is 7.06. The highest BCUT2D eigenvalue weighted by Crippen LogP contribution is 2.06. The van der Waals surface area contributed by atoms with Gasteiger partial charge in [-0.15, -0.1) is 0 Å². The Morgan fingerprint density at radius 1 is 1.30 bits per heavy atom. The maximum absolute atomic E-state index is 11.9. The number of H-pyrrole nitrogens is 1. The highest BCUT2D eigenvalue weighted by molar-refractivity contribution is 5.94. The van der Waals surface area contributed by atoms with Crippen molar-refractivity contribution in [3.8, 4) is 0 Å². The van der Waals surface area contributed by atoms with Gasteiger partial charge in [0.25, 0.3) is 5.91 Å². The van der Waals surface area contributed by atoms with E-state index in [1.54, 1.807) is 0 Å². The molecule has 1 amide bonds. The summed E-state index contributed by atoms with van der Waals surface area (Å²) in [7, 11) is 0. The fourth-order valence-corrected chi connectivity index (χ4v) is 2.10. The van der Waals surface area contributed by atoms with Crippen molar-refractivity contribution in [2.75, 3.05) is 6.54 Å². The molecule has 0 bridgehead atoms. The Balaban J connectivity index is 1.76. The number of nitrogens with zero attached hydrogens (tertiary/aromatic N) is 1. The van der Waals surface area contributed by atoms with Crippen LogP contribution in [0.5, 0.6) is 0 Å². The van der Waals surface area contributed by atoms with Gasteiger partial charge in [0.1, 0.15) is 0 Å². The van der Waals surface area contributed by atoms with Crippen LogP contribution in [0.25, 0.3) is 0 Å². The van der Waals surface area contributed by atoms with Gasteiger partial charge >= 0.3 is 0 Å². The van der Waals surface area contributed by atoms with E-state index < -0.39 is 0 Å². The lowest BCUT2D eigenvalue weighted by Gasteiger charge is -2.05. The molecule has 106 valence electrons. The van der Waals surface area contributed by atoms with Crippen LogP contribution in [0.4, 0.5) is 0 Å². The number of aromatic nitrogens is 2. The number of amides is 1. The van der Waals surface area contributed by atoms with Crippen LogP contribution < -0.4 is 5.32 Å². The molecule has 2 N–H and O–H groups in total.